The van der Waals surface area contributed by atoms with Gasteiger partial charge in [0.15, 0.2) is 5.82 Å². The summed E-state index contributed by atoms with van der Waals surface area (Å²) in [7, 11) is 0. The lowest BCUT2D eigenvalue weighted by molar-refractivity contribution is -0.115. The zero-order valence-corrected chi connectivity index (χ0v) is 8.48. The van der Waals surface area contributed by atoms with Crippen LogP contribution in [-0.4, -0.2) is 28.5 Å². The first kappa shape index (κ1) is 9.07. The fourth-order valence-electron chi connectivity index (χ4n) is 1.08. The number of hydrogen-bond acceptors (Lipinski definition) is 4. The molecule has 6 nitrogen and oxygen atoms in total. The molecule has 2 rings (SSSR count). The summed E-state index contributed by atoms with van der Waals surface area (Å²) in [5.41, 5.74) is 0. The van der Waals surface area contributed by atoms with E-state index in [-0.39, 0.29) is 18.3 Å². The summed E-state index contributed by atoms with van der Waals surface area (Å²) in [5, 5.41) is 2.39. The summed E-state index contributed by atoms with van der Waals surface area (Å²) in [6.45, 7) is 0.0105. The third-order valence-electron chi connectivity index (χ3n) is 1.68. The van der Waals surface area contributed by atoms with Crippen LogP contribution in [0.3, 0.4) is 0 Å². The molecule has 72 valence electrons. The predicted octanol–water partition coefficient (Wildman–Crippen LogP) is 0.295. The van der Waals surface area contributed by atoms with Gasteiger partial charge in [0.1, 0.15) is 4.60 Å². The average molecular weight is 257 g/mol. The maximum atomic E-state index is 11.2. The van der Waals surface area contributed by atoms with Gasteiger partial charge in [0.05, 0.1) is 18.9 Å². The summed E-state index contributed by atoms with van der Waals surface area (Å²) < 4.78 is 0.549. The van der Waals surface area contributed by atoms with Gasteiger partial charge in [-0.1, -0.05) is 0 Å². The van der Waals surface area contributed by atoms with Gasteiger partial charge in [0.25, 0.3) is 5.91 Å². The Morgan fingerprint density at radius 3 is 2.64 bits per heavy atom. The van der Waals surface area contributed by atoms with E-state index in [2.05, 4.69) is 31.2 Å². The van der Waals surface area contributed by atoms with Crippen LogP contribution in [0.5, 0.6) is 0 Å². The number of halogens is 1. The van der Waals surface area contributed by atoms with Crippen molar-refractivity contribution in [3.05, 3.63) is 17.0 Å². The molecule has 0 saturated carbocycles. The van der Waals surface area contributed by atoms with Crippen molar-refractivity contribution in [1.82, 2.24) is 15.3 Å². The molecule has 0 spiro atoms. The smallest absolute Gasteiger partial charge is 0.328 e. The molecule has 1 aromatic heterocycles. The highest BCUT2D eigenvalue weighted by atomic mass is 79.9. The van der Waals surface area contributed by atoms with Crippen molar-refractivity contribution in [3.8, 4) is 0 Å². The molecule has 3 amide bonds. The number of nitrogens with one attached hydrogen (secondary N) is 1. The maximum absolute atomic E-state index is 11.2. The van der Waals surface area contributed by atoms with Gasteiger partial charge in [-0.05, 0) is 15.9 Å². The molecule has 1 fully saturated rings. The molecule has 2 heterocycles. The molecule has 1 aliphatic heterocycles. The normalized spacial score (nSPS) is 15.9. The van der Waals surface area contributed by atoms with E-state index in [9.17, 15) is 9.59 Å². The van der Waals surface area contributed by atoms with Crippen molar-refractivity contribution in [1.29, 1.82) is 0 Å². The number of carbonyl (C=O) groups is 2. The summed E-state index contributed by atoms with van der Waals surface area (Å²) in [4.78, 5) is 31.1. The lowest BCUT2D eigenvalue weighted by Crippen LogP contribution is -2.31. The fourth-order valence-corrected chi connectivity index (χ4v) is 1.28. The van der Waals surface area contributed by atoms with Gasteiger partial charge in [-0.3, -0.25) is 4.79 Å². The molecule has 0 aromatic carbocycles. The third kappa shape index (κ3) is 1.46. The van der Waals surface area contributed by atoms with E-state index in [1.807, 2.05) is 0 Å². The van der Waals surface area contributed by atoms with E-state index in [0.717, 1.165) is 4.90 Å². The molecule has 1 aliphatic rings. The van der Waals surface area contributed by atoms with Crippen LogP contribution in [0.1, 0.15) is 0 Å². The summed E-state index contributed by atoms with van der Waals surface area (Å²) in [5.74, 6) is -0.0974. The largest absolute Gasteiger partial charge is 0.330 e. The van der Waals surface area contributed by atoms with Crippen LogP contribution in [0.2, 0.25) is 0 Å². The van der Waals surface area contributed by atoms with Crippen molar-refractivity contribution >= 4 is 33.7 Å². The number of anilines is 1. The molecular weight excluding hydrogens is 252 g/mol. The molecule has 1 N–H and O–H groups in total. The minimum absolute atomic E-state index is 0.0105. The number of urea groups is 1. The highest BCUT2D eigenvalue weighted by molar-refractivity contribution is 9.10. The molecule has 7 heteroatoms. The number of rotatable bonds is 1. The van der Waals surface area contributed by atoms with E-state index in [1.165, 1.54) is 12.4 Å². The van der Waals surface area contributed by atoms with Crippen molar-refractivity contribution in [3.63, 3.8) is 0 Å². The molecule has 1 saturated heterocycles. The van der Waals surface area contributed by atoms with Crippen LogP contribution in [-0.2, 0) is 4.79 Å². The Labute approximate surface area is 87.5 Å². The first-order chi connectivity index (χ1) is 6.68. The monoisotopic (exact) mass is 256 g/mol. The standard InChI is InChI=1S/C7H5BrN4O2/c8-4-1-10-5(2-9-4)12-6(13)3-11-7(12)14/h1-2H,3H2,(H,11,14). The Morgan fingerprint density at radius 2 is 2.14 bits per heavy atom. The second kappa shape index (κ2) is 3.33. The number of aromatic nitrogens is 2. The summed E-state index contributed by atoms with van der Waals surface area (Å²) >= 11 is 3.11. The Hall–Kier alpha value is -1.50. The average Bonchev–Trinajstić information content (AvgIpc) is 2.49. The van der Waals surface area contributed by atoms with Crippen molar-refractivity contribution < 1.29 is 9.59 Å². The van der Waals surface area contributed by atoms with Crippen LogP contribution in [0, 0.1) is 0 Å². The topological polar surface area (TPSA) is 75.2 Å². The number of hydrogen-bond donors (Lipinski definition) is 1. The molecule has 0 atom stereocenters. The summed E-state index contributed by atoms with van der Waals surface area (Å²) in [6, 6.07) is -0.466. The first-order valence-electron chi connectivity index (χ1n) is 3.77. The molecule has 0 aliphatic carbocycles. The molecule has 14 heavy (non-hydrogen) atoms. The maximum Gasteiger partial charge on any atom is 0.330 e. The minimum atomic E-state index is -0.466. The van der Waals surface area contributed by atoms with Crippen LogP contribution in [0.4, 0.5) is 10.6 Å². The third-order valence-corrected chi connectivity index (χ3v) is 2.09. The van der Waals surface area contributed by atoms with E-state index >= 15 is 0 Å². The lowest BCUT2D eigenvalue weighted by Gasteiger charge is -2.09. The Bertz CT molecular complexity index is 375. The zero-order valence-electron chi connectivity index (χ0n) is 6.90. The van der Waals surface area contributed by atoms with E-state index < -0.39 is 6.03 Å². The van der Waals surface area contributed by atoms with Crippen molar-refractivity contribution in [2.75, 3.05) is 11.4 Å². The molecule has 0 unspecified atom stereocenters. The van der Waals surface area contributed by atoms with Gasteiger partial charge in [-0.25, -0.2) is 19.7 Å². The lowest BCUT2D eigenvalue weighted by atomic mass is 10.5. The minimum Gasteiger partial charge on any atom is -0.328 e. The van der Waals surface area contributed by atoms with Gasteiger partial charge in [-0.15, -0.1) is 0 Å². The van der Waals surface area contributed by atoms with Gasteiger partial charge >= 0.3 is 6.03 Å². The van der Waals surface area contributed by atoms with Crippen molar-refractivity contribution in [2.24, 2.45) is 0 Å². The van der Waals surface area contributed by atoms with Crippen molar-refractivity contribution in [2.45, 2.75) is 0 Å². The Morgan fingerprint density at radius 1 is 1.36 bits per heavy atom. The second-order valence-electron chi connectivity index (χ2n) is 2.59. The number of nitrogens with zero attached hydrogens (tertiary/aromatic N) is 3. The van der Waals surface area contributed by atoms with Crippen LogP contribution in [0.15, 0.2) is 17.0 Å². The summed E-state index contributed by atoms with van der Waals surface area (Å²) in [6.07, 6.45) is 2.78. The van der Waals surface area contributed by atoms with Crippen LogP contribution >= 0.6 is 15.9 Å². The van der Waals surface area contributed by atoms with Gasteiger partial charge < -0.3 is 5.32 Å². The quantitative estimate of drug-likeness (QED) is 0.734. The Kier molecular flexibility index (Phi) is 2.16. The van der Waals surface area contributed by atoms with Gasteiger partial charge in [0, 0.05) is 0 Å². The molecule has 1 aromatic rings. The van der Waals surface area contributed by atoms with Crippen LogP contribution < -0.4 is 10.2 Å². The second-order valence-corrected chi connectivity index (χ2v) is 3.40. The van der Waals surface area contributed by atoms with Gasteiger partial charge in [0.2, 0.25) is 0 Å². The molecule has 0 radical (unpaired) electrons. The number of imide groups is 1. The Balaban J connectivity index is 2.34. The van der Waals surface area contributed by atoms with E-state index in [4.69, 9.17) is 0 Å². The SMILES string of the molecule is O=C1CNC(=O)N1c1cnc(Br)cn1. The van der Waals surface area contributed by atoms with Gasteiger partial charge in [-0.2, -0.15) is 0 Å². The predicted molar refractivity (Wildman–Crippen MR) is 50.6 cm³/mol. The van der Waals surface area contributed by atoms with E-state index in [1.54, 1.807) is 0 Å². The fraction of sp³-hybridized carbons (Fsp3) is 0.143. The highest BCUT2D eigenvalue weighted by Gasteiger charge is 2.30. The van der Waals surface area contributed by atoms with Crippen LogP contribution in [0.25, 0.3) is 0 Å². The first-order valence-corrected chi connectivity index (χ1v) is 4.56. The zero-order chi connectivity index (χ0) is 10.1. The molecule has 0 bridgehead atoms. The highest BCUT2D eigenvalue weighted by Crippen LogP contribution is 2.14. The number of carbonyl (C=O) groups excluding carboxylic acids is 2. The molecular formula is C7H5BrN4O2. The van der Waals surface area contributed by atoms with E-state index in [0.29, 0.717) is 4.60 Å². The number of amides is 3.